The maximum absolute atomic E-state index is 12.8. The molecule has 1 heterocycles. The first-order valence-corrected chi connectivity index (χ1v) is 12.5. The van der Waals surface area contributed by atoms with Gasteiger partial charge in [0.15, 0.2) is 0 Å². The van der Waals surface area contributed by atoms with Crippen LogP contribution in [0, 0.1) is 10.1 Å². The van der Waals surface area contributed by atoms with Crippen LogP contribution in [0.4, 0.5) is 21.9 Å². The molecule has 0 radical (unpaired) electrons. The Morgan fingerprint density at radius 3 is 2.42 bits per heavy atom. The van der Waals surface area contributed by atoms with Crippen LogP contribution in [0.5, 0.6) is 0 Å². The van der Waals surface area contributed by atoms with Gasteiger partial charge in [-0.2, -0.15) is 0 Å². The summed E-state index contributed by atoms with van der Waals surface area (Å²) in [6, 6.07) is 17.7. The fraction of sp³-hybridized carbons (Fsp3) is 0.160. The first-order valence-electron chi connectivity index (χ1n) is 11.1. The van der Waals surface area contributed by atoms with Crippen molar-refractivity contribution >= 4 is 43.8 Å². The highest BCUT2D eigenvalue weighted by Gasteiger charge is 2.24. The van der Waals surface area contributed by atoms with Crippen molar-refractivity contribution in [1.29, 1.82) is 0 Å². The zero-order chi connectivity index (χ0) is 25.9. The minimum Gasteiger partial charge on any atom is -0.346 e. The Labute approximate surface area is 208 Å². The molecule has 0 aliphatic rings. The number of hydrogen-bond acceptors (Lipinski definition) is 6. The Kier molecular flexibility index (Phi) is 7.04. The first-order chi connectivity index (χ1) is 17.1. The number of carbonyl (C=O) groups is 1. The largest absolute Gasteiger partial charge is 0.346 e. The van der Waals surface area contributed by atoms with Crippen LogP contribution in [0.1, 0.15) is 0 Å². The standard InChI is InChI=1S/C25H25N5O5S/c1-28(2)14-15-29-13-12-18-16-19(8-11-23(18)29)26-25(31)27-22-10-9-21(17-24(22)30(32)33)36(34,35)20-6-4-3-5-7-20/h3-13,16-17H,14-15H2,1-2H3,(H2,26,27,31). The second-order valence-corrected chi connectivity index (χ2v) is 10.4. The Morgan fingerprint density at radius 2 is 1.72 bits per heavy atom. The molecule has 2 N–H and O–H groups in total. The number of nitro groups is 1. The van der Waals surface area contributed by atoms with Gasteiger partial charge in [0, 0.05) is 41.9 Å². The van der Waals surface area contributed by atoms with E-state index >= 15 is 0 Å². The lowest BCUT2D eigenvalue weighted by Crippen LogP contribution is -2.20. The molecule has 10 nitrogen and oxygen atoms in total. The summed E-state index contributed by atoms with van der Waals surface area (Å²) < 4.78 is 27.8. The summed E-state index contributed by atoms with van der Waals surface area (Å²) in [7, 11) is 0.0586. The summed E-state index contributed by atoms with van der Waals surface area (Å²) >= 11 is 0. The molecule has 186 valence electrons. The van der Waals surface area contributed by atoms with Crippen molar-refractivity contribution < 1.29 is 18.1 Å². The number of likely N-dealkylation sites (N-methyl/N-ethyl adjacent to an activating group) is 1. The number of carbonyl (C=O) groups excluding carboxylic acids is 1. The highest BCUT2D eigenvalue weighted by atomic mass is 32.2. The van der Waals surface area contributed by atoms with Gasteiger partial charge in [0.05, 0.1) is 14.7 Å². The number of rotatable bonds is 8. The summed E-state index contributed by atoms with van der Waals surface area (Å²) in [5, 5.41) is 17.7. The van der Waals surface area contributed by atoms with Gasteiger partial charge in [0.25, 0.3) is 5.69 Å². The number of aromatic nitrogens is 1. The van der Waals surface area contributed by atoms with Gasteiger partial charge in [-0.3, -0.25) is 10.1 Å². The quantitative estimate of drug-likeness (QED) is 0.265. The predicted octanol–water partition coefficient (Wildman–Crippen LogP) is 4.59. The smallest absolute Gasteiger partial charge is 0.323 e. The number of hydrogen-bond donors (Lipinski definition) is 2. The van der Waals surface area contributed by atoms with Crippen molar-refractivity contribution in [1.82, 2.24) is 9.47 Å². The van der Waals surface area contributed by atoms with Gasteiger partial charge in [0.1, 0.15) is 5.69 Å². The Morgan fingerprint density at radius 1 is 0.972 bits per heavy atom. The Bertz CT molecular complexity index is 1530. The molecule has 2 amide bonds. The molecule has 0 spiro atoms. The monoisotopic (exact) mass is 507 g/mol. The van der Waals surface area contributed by atoms with E-state index in [0.717, 1.165) is 30.1 Å². The van der Waals surface area contributed by atoms with E-state index in [2.05, 4.69) is 20.1 Å². The van der Waals surface area contributed by atoms with E-state index in [1.165, 1.54) is 24.3 Å². The second-order valence-electron chi connectivity index (χ2n) is 8.42. The highest BCUT2D eigenvalue weighted by molar-refractivity contribution is 7.91. The van der Waals surface area contributed by atoms with Crippen LogP contribution < -0.4 is 10.6 Å². The molecule has 0 atom stereocenters. The molecule has 3 aromatic carbocycles. The molecule has 1 aromatic heterocycles. The van der Waals surface area contributed by atoms with E-state index in [4.69, 9.17) is 0 Å². The van der Waals surface area contributed by atoms with Crippen LogP contribution in [-0.2, 0) is 16.4 Å². The van der Waals surface area contributed by atoms with Crippen molar-refractivity contribution in [3.05, 3.63) is 89.1 Å². The summed E-state index contributed by atoms with van der Waals surface area (Å²) in [5.41, 5.74) is 0.876. The van der Waals surface area contributed by atoms with Crippen LogP contribution in [0.2, 0.25) is 0 Å². The van der Waals surface area contributed by atoms with E-state index in [0.29, 0.717) is 5.69 Å². The molecule has 0 aliphatic heterocycles. The lowest BCUT2D eigenvalue weighted by molar-refractivity contribution is -0.384. The SMILES string of the molecule is CN(C)CCn1ccc2cc(NC(=O)Nc3ccc(S(=O)(=O)c4ccccc4)cc3[N+](=O)[O-])ccc21. The van der Waals surface area contributed by atoms with Crippen molar-refractivity contribution in [2.75, 3.05) is 31.3 Å². The van der Waals surface area contributed by atoms with Crippen LogP contribution >= 0.6 is 0 Å². The average molecular weight is 508 g/mol. The molecule has 36 heavy (non-hydrogen) atoms. The molecular formula is C25H25N5O5S. The topological polar surface area (TPSA) is 127 Å². The summed E-state index contributed by atoms with van der Waals surface area (Å²) in [5.74, 6) is 0. The van der Waals surface area contributed by atoms with Gasteiger partial charge in [-0.05, 0) is 62.6 Å². The van der Waals surface area contributed by atoms with Gasteiger partial charge < -0.3 is 20.1 Å². The summed E-state index contributed by atoms with van der Waals surface area (Å²) in [6.45, 7) is 1.71. The van der Waals surface area contributed by atoms with Gasteiger partial charge >= 0.3 is 6.03 Å². The van der Waals surface area contributed by atoms with Crippen molar-refractivity contribution in [3.8, 4) is 0 Å². The van der Waals surface area contributed by atoms with E-state index in [9.17, 15) is 23.3 Å². The molecule has 0 unspecified atom stereocenters. The maximum Gasteiger partial charge on any atom is 0.323 e. The average Bonchev–Trinajstić information content (AvgIpc) is 3.25. The number of sulfone groups is 1. The molecular weight excluding hydrogens is 482 g/mol. The lowest BCUT2D eigenvalue weighted by Gasteiger charge is -2.12. The van der Waals surface area contributed by atoms with Crippen LogP contribution in [0.3, 0.4) is 0 Å². The van der Waals surface area contributed by atoms with Crippen LogP contribution in [-0.4, -0.2) is 49.5 Å². The molecule has 4 rings (SSSR count). The van der Waals surface area contributed by atoms with Gasteiger partial charge in [-0.1, -0.05) is 18.2 Å². The molecule has 0 saturated heterocycles. The number of nitrogens with one attached hydrogen (secondary N) is 2. The number of fused-ring (bicyclic) bond motifs is 1. The Hall–Kier alpha value is -4.22. The summed E-state index contributed by atoms with van der Waals surface area (Å²) in [4.78, 5) is 25.4. The van der Waals surface area contributed by atoms with Crippen molar-refractivity contribution in [3.63, 3.8) is 0 Å². The van der Waals surface area contributed by atoms with Crippen molar-refractivity contribution in [2.45, 2.75) is 16.3 Å². The van der Waals surface area contributed by atoms with E-state index in [-0.39, 0.29) is 15.5 Å². The predicted molar refractivity (Wildman–Crippen MR) is 138 cm³/mol. The number of benzene rings is 3. The van der Waals surface area contributed by atoms with Crippen molar-refractivity contribution in [2.24, 2.45) is 0 Å². The van der Waals surface area contributed by atoms with E-state index in [1.807, 2.05) is 38.5 Å². The van der Waals surface area contributed by atoms with E-state index in [1.54, 1.807) is 24.3 Å². The van der Waals surface area contributed by atoms with Gasteiger partial charge in [0.2, 0.25) is 9.84 Å². The number of nitro benzene ring substituents is 1. The fourth-order valence-corrected chi connectivity index (χ4v) is 5.04. The maximum atomic E-state index is 12.8. The zero-order valence-corrected chi connectivity index (χ0v) is 20.5. The Balaban J connectivity index is 1.52. The van der Waals surface area contributed by atoms with E-state index < -0.39 is 26.5 Å². The highest BCUT2D eigenvalue weighted by Crippen LogP contribution is 2.30. The summed E-state index contributed by atoms with van der Waals surface area (Å²) in [6.07, 6.45) is 1.98. The lowest BCUT2D eigenvalue weighted by atomic mass is 10.2. The number of amides is 2. The molecule has 0 bridgehead atoms. The molecule has 4 aromatic rings. The number of nitrogens with zero attached hydrogens (tertiary/aromatic N) is 3. The van der Waals surface area contributed by atoms with Crippen LogP contribution in [0.25, 0.3) is 10.9 Å². The number of anilines is 2. The molecule has 11 heteroatoms. The third kappa shape index (κ3) is 5.37. The van der Waals surface area contributed by atoms with Crippen LogP contribution in [0.15, 0.2) is 88.8 Å². The molecule has 0 fully saturated rings. The third-order valence-electron chi connectivity index (χ3n) is 5.59. The zero-order valence-electron chi connectivity index (χ0n) is 19.7. The van der Waals surface area contributed by atoms with Gasteiger partial charge in [-0.15, -0.1) is 0 Å². The minimum absolute atomic E-state index is 0.0173. The van der Waals surface area contributed by atoms with Gasteiger partial charge in [-0.25, -0.2) is 13.2 Å². The third-order valence-corrected chi connectivity index (χ3v) is 7.36. The fourth-order valence-electron chi connectivity index (χ4n) is 3.74. The molecule has 0 aliphatic carbocycles. The normalized spacial score (nSPS) is 11.5. The molecule has 0 saturated carbocycles. The minimum atomic E-state index is -3.95. The number of urea groups is 1. The first kappa shape index (κ1) is 24.9. The second kappa shape index (κ2) is 10.2.